The molecule has 0 unspecified atom stereocenters. The maximum absolute atomic E-state index is 11.9. The number of amides is 1. The van der Waals surface area contributed by atoms with Gasteiger partial charge in [0.15, 0.2) is 6.10 Å². The van der Waals surface area contributed by atoms with Gasteiger partial charge in [-0.2, -0.15) is 0 Å². The summed E-state index contributed by atoms with van der Waals surface area (Å²) in [5.41, 5.74) is 0.897. The van der Waals surface area contributed by atoms with Crippen molar-refractivity contribution in [3.63, 3.8) is 0 Å². The van der Waals surface area contributed by atoms with E-state index in [9.17, 15) is 9.59 Å². The molecule has 2 atom stereocenters. The number of benzene rings is 1. The molecule has 0 spiro atoms. The van der Waals surface area contributed by atoms with Gasteiger partial charge in [-0.15, -0.1) is 0 Å². The first-order chi connectivity index (χ1) is 11.7. The Kier molecular flexibility index (Phi) is 5.66. The van der Waals surface area contributed by atoms with Gasteiger partial charge in [0.1, 0.15) is 6.61 Å². The Morgan fingerprint density at radius 1 is 1.25 bits per heavy atom. The molecular weight excluding hydrogens is 312 g/mol. The van der Waals surface area contributed by atoms with Crippen LogP contribution in [0.15, 0.2) is 30.3 Å². The first-order valence-electron chi connectivity index (χ1n) is 8.17. The molecule has 0 saturated carbocycles. The number of carbonyl (C=O) groups is 2. The molecule has 2 saturated heterocycles. The molecule has 1 aromatic rings. The summed E-state index contributed by atoms with van der Waals surface area (Å²) in [6.07, 6.45) is -0.708. The predicted molar refractivity (Wildman–Crippen MR) is 85.6 cm³/mol. The zero-order chi connectivity index (χ0) is 16.8. The van der Waals surface area contributed by atoms with E-state index in [0.29, 0.717) is 19.8 Å². The van der Waals surface area contributed by atoms with Gasteiger partial charge in [-0.1, -0.05) is 30.3 Å². The summed E-state index contributed by atoms with van der Waals surface area (Å²) >= 11 is 0. The summed E-state index contributed by atoms with van der Waals surface area (Å²) in [7, 11) is 0. The molecule has 7 nitrogen and oxygen atoms in total. The second-order valence-electron chi connectivity index (χ2n) is 5.95. The lowest BCUT2D eigenvalue weighted by atomic mass is 10.1. The van der Waals surface area contributed by atoms with Crippen LogP contribution in [0, 0.1) is 0 Å². The summed E-state index contributed by atoms with van der Waals surface area (Å²) in [6, 6.07) is 9.22. The first kappa shape index (κ1) is 16.7. The molecule has 0 aromatic heterocycles. The van der Waals surface area contributed by atoms with E-state index in [1.54, 1.807) is 0 Å². The molecule has 24 heavy (non-hydrogen) atoms. The molecule has 1 amide bonds. The Hall–Kier alpha value is -2.12. The zero-order valence-corrected chi connectivity index (χ0v) is 13.5. The molecule has 1 aromatic carbocycles. The van der Waals surface area contributed by atoms with E-state index >= 15 is 0 Å². The van der Waals surface area contributed by atoms with Gasteiger partial charge in [0.05, 0.1) is 25.7 Å². The Morgan fingerprint density at radius 3 is 2.75 bits per heavy atom. The second-order valence-corrected chi connectivity index (χ2v) is 5.95. The van der Waals surface area contributed by atoms with Crippen LogP contribution in [0.1, 0.15) is 5.56 Å². The molecule has 0 aliphatic carbocycles. The summed E-state index contributed by atoms with van der Waals surface area (Å²) in [5.74, 6) is -0.325. The molecule has 2 aliphatic rings. The average molecular weight is 334 g/mol. The molecule has 2 fully saturated rings. The van der Waals surface area contributed by atoms with Crippen LogP contribution in [-0.4, -0.2) is 68.6 Å². The molecule has 0 bridgehead atoms. The van der Waals surface area contributed by atoms with Crippen molar-refractivity contribution in [3.05, 3.63) is 35.9 Å². The van der Waals surface area contributed by atoms with E-state index < -0.39 is 12.2 Å². The van der Waals surface area contributed by atoms with E-state index in [1.807, 2.05) is 30.3 Å². The largest absolute Gasteiger partial charge is 0.461 e. The van der Waals surface area contributed by atoms with Crippen molar-refractivity contribution >= 4 is 12.1 Å². The molecule has 130 valence electrons. The van der Waals surface area contributed by atoms with E-state index in [-0.39, 0.29) is 25.0 Å². The van der Waals surface area contributed by atoms with Crippen LogP contribution in [0.4, 0.5) is 4.79 Å². The smallest absolute Gasteiger partial charge is 0.408 e. The van der Waals surface area contributed by atoms with Crippen molar-refractivity contribution < 1.29 is 23.8 Å². The zero-order valence-electron chi connectivity index (χ0n) is 13.5. The van der Waals surface area contributed by atoms with Crippen LogP contribution in [0.25, 0.3) is 0 Å². The number of morpholine rings is 1. The molecule has 2 heterocycles. The third-order valence-corrected chi connectivity index (χ3v) is 4.17. The number of carbonyl (C=O) groups excluding carboxylic acids is 2. The van der Waals surface area contributed by atoms with E-state index in [0.717, 1.165) is 18.7 Å². The number of alkyl carbamates (subject to hydrolysis) is 1. The summed E-state index contributed by atoms with van der Waals surface area (Å²) < 4.78 is 15.8. The third kappa shape index (κ3) is 4.69. The Labute approximate surface area is 140 Å². The minimum atomic E-state index is -0.461. The highest BCUT2D eigenvalue weighted by Gasteiger charge is 2.36. The lowest BCUT2D eigenvalue weighted by molar-refractivity contribution is -0.145. The lowest BCUT2D eigenvalue weighted by Gasteiger charge is -2.29. The highest BCUT2D eigenvalue weighted by atomic mass is 16.6. The SMILES string of the molecule is O=C(Cc1ccccc1)OC[C@H]1OC(=O)N[C@@H]1CN1CCOCC1. The Balaban J connectivity index is 1.47. The number of esters is 1. The van der Waals surface area contributed by atoms with Crippen molar-refractivity contribution in [3.8, 4) is 0 Å². The fourth-order valence-electron chi connectivity index (χ4n) is 2.86. The van der Waals surface area contributed by atoms with Gasteiger partial charge >= 0.3 is 12.1 Å². The fraction of sp³-hybridized carbons (Fsp3) is 0.529. The van der Waals surface area contributed by atoms with Gasteiger partial charge < -0.3 is 19.5 Å². The monoisotopic (exact) mass is 334 g/mol. The van der Waals surface area contributed by atoms with E-state index in [1.165, 1.54) is 0 Å². The number of cyclic esters (lactones) is 1. The van der Waals surface area contributed by atoms with Crippen molar-refractivity contribution in [1.82, 2.24) is 10.2 Å². The molecule has 7 heteroatoms. The average Bonchev–Trinajstić information content (AvgIpc) is 2.94. The maximum Gasteiger partial charge on any atom is 0.408 e. The number of hydrogen-bond acceptors (Lipinski definition) is 6. The van der Waals surface area contributed by atoms with Crippen LogP contribution >= 0.6 is 0 Å². The Morgan fingerprint density at radius 2 is 2.00 bits per heavy atom. The number of nitrogens with one attached hydrogen (secondary N) is 1. The Bertz CT molecular complexity index is 559. The van der Waals surface area contributed by atoms with Gasteiger partial charge in [-0.25, -0.2) is 4.79 Å². The predicted octanol–water partition coefficient (Wildman–Crippen LogP) is 0.582. The van der Waals surface area contributed by atoms with Gasteiger partial charge in [0, 0.05) is 19.6 Å². The van der Waals surface area contributed by atoms with Gasteiger partial charge in [-0.3, -0.25) is 9.69 Å². The van der Waals surface area contributed by atoms with E-state index in [2.05, 4.69) is 10.2 Å². The molecule has 0 radical (unpaired) electrons. The van der Waals surface area contributed by atoms with Crippen LogP contribution in [0.2, 0.25) is 0 Å². The van der Waals surface area contributed by atoms with Gasteiger partial charge in [-0.05, 0) is 5.56 Å². The van der Waals surface area contributed by atoms with E-state index in [4.69, 9.17) is 14.2 Å². The molecule has 2 aliphatic heterocycles. The second kappa shape index (κ2) is 8.12. The first-order valence-corrected chi connectivity index (χ1v) is 8.17. The fourth-order valence-corrected chi connectivity index (χ4v) is 2.86. The third-order valence-electron chi connectivity index (χ3n) is 4.17. The minimum Gasteiger partial charge on any atom is -0.461 e. The highest BCUT2D eigenvalue weighted by molar-refractivity contribution is 5.73. The summed E-state index contributed by atoms with van der Waals surface area (Å²) in [5, 5.41) is 2.79. The van der Waals surface area contributed by atoms with Crippen LogP contribution in [-0.2, 0) is 25.4 Å². The lowest BCUT2D eigenvalue weighted by Crippen LogP contribution is -2.48. The van der Waals surface area contributed by atoms with Crippen molar-refractivity contribution in [1.29, 1.82) is 0 Å². The number of ether oxygens (including phenoxy) is 3. The highest BCUT2D eigenvalue weighted by Crippen LogP contribution is 2.13. The summed E-state index contributed by atoms with van der Waals surface area (Å²) in [6.45, 7) is 3.77. The van der Waals surface area contributed by atoms with Gasteiger partial charge in [0.2, 0.25) is 0 Å². The van der Waals surface area contributed by atoms with Crippen molar-refractivity contribution in [2.24, 2.45) is 0 Å². The molecule has 3 rings (SSSR count). The maximum atomic E-state index is 11.9. The van der Waals surface area contributed by atoms with Gasteiger partial charge in [0.25, 0.3) is 0 Å². The normalized spacial score (nSPS) is 24.2. The van der Waals surface area contributed by atoms with Crippen LogP contribution < -0.4 is 5.32 Å². The number of rotatable bonds is 6. The van der Waals surface area contributed by atoms with Crippen molar-refractivity contribution in [2.45, 2.75) is 18.6 Å². The quantitative estimate of drug-likeness (QED) is 0.767. The van der Waals surface area contributed by atoms with Crippen LogP contribution in [0.3, 0.4) is 0 Å². The van der Waals surface area contributed by atoms with Crippen molar-refractivity contribution in [2.75, 3.05) is 39.5 Å². The number of hydrogen-bond donors (Lipinski definition) is 1. The number of nitrogens with zero attached hydrogens (tertiary/aromatic N) is 1. The summed E-state index contributed by atoms with van der Waals surface area (Å²) in [4.78, 5) is 25.7. The molecule has 1 N–H and O–H groups in total. The van der Waals surface area contributed by atoms with Crippen LogP contribution in [0.5, 0.6) is 0 Å². The standard InChI is InChI=1S/C17H22N2O5/c20-16(10-13-4-2-1-3-5-13)23-12-15-14(18-17(21)24-15)11-19-6-8-22-9-7-19/h1-5,14-15H,6-12H2,(H,18,21)/t14-,15-/m1/s1. The minimum absolute atomic E-state index is 0.0689. The topological polar surface area (TPSA) is 77.1 Å². The molecular formula is C17H22N2O5.